The molecule has 2 nitrogen and oxygen atoms in total. The van der Waals surface area contributed by atoms with Crippen LogP contribution in [0.1, 0.15) is 33.1 Å². The molecule has 1 fully saturated rings. The molecule has 0 aliphatic heterocycles. The highest BCUT2D eigenvalue weighted by molar-refractivity contribution is 6.01. The lowest BCUT2D eigenvalue weighted by Crippen LogP contribution is -2.27. The lowest BCUT2D eigenvalue weighted by molar-refractivity contribution is -0.120. The molecule has 0 heterocycles. The molecule has 0 radical (unpaired) electrons. The van der Waals surface area contributed by atoms with Crippen molar-refractivity contribution in [3.63, 3.8) is 0 Å². The summed E-state index contributed by atoms with van der Waals surface area (Å²) in [7, 11) is 0. The molecule has 0 aromatic rings. The molecular formula is C11H16O2. The standard InChI is InChI=1S/C11H16O2/c1-11(2,13)9-6-7-4-3-5-8(7)10(9)12/h6-8,13H,3-5H2,1-2H3/t7-,8-/m0/s1. The topological polar surface area (TPSA) is 37.3 Å². The predicted octanol–water partition coefficient (Wildman–Crippen LogP) is 1.68. The van der Waals surface area contributed by atoms with Crippen LogP contribution in [0.15, 0.2) is 11.6 Å². The largest absolute Gasteiger partial charge is 0.386 e. The third-order valence-corrected chi connectivity index (χ3v) is 3.21. The molecule has 0 spiro atoms. The fourth-order valence-corrected chi connectivity index (χ4v) is 2.52. The highest BCUT2D eigenvalue weighted by Crippen LogP contribution is 2.42. The van der Waals surface area contributed by atoms with E-state index in [1.165, 1.54) is 0 Å². The van der Waals surface area contributed by atoms with E-state index >= 15 is 0 Å². The van der Waals surface area contributed by atoms with Crippen molar-refractivity contribution in [2.24, 2.45) is 11.8 Å². The molecule has 0 unspecified atom stereocenters. The van der Waals surface area contributed by atoms with Gasteiger partial charge in [0.15, 0.2) is 5.78 Å². The second-order valence-corrected chi connectivity index (χ2v) is 4.70. The van der Waals surface area contributed by atoms with E-state index < -0.39 is 5.60 Å². The van der Waals surface area contributed by atoms with Crippen LogP contribution in [-0.4, -0.2) is 16.5 Å². The first kappa shape index (κ1) is 8.95. The maximum absolute atomic E-state index is 11.8. The van der Waals surface area contributed by atoms with Crippen LogP contribution in [0.4, 0.5) is 0 Å². The minimum absolute atomic E-state index is 0.190. The van der Waals surface area contributed by atoms with Gasteiger partial charge in [0, 0.05) is 11.5 Å². The Morgan fingerprint density at radius 2 is 2.15 bits per heavy atom. The van der Waals surface area contributed by atoms with E-state index in [2.05, 4.69) is 0 Å². The lowest BCUT2D eigenvalue weighted by Gasteiger charge is -2.18. The van der Waals surface area contributed by atoms with Crippen LogP contribution in [0, 0.1) is 11.8 Å². The van der Waals surface area contributed by atoms with Gasteiger partial charge in [-0.3, -0.25) is 4.79 Å². The van der Waals surface area contributed by atoms with Gasteiger partial charge in [0.05, 0.1) is 5.60 Å². The Morgan fingerprint density at radius 3 is 2.69 bits per heavy atom. The summed E-state index contributed by atoms with van der Waals surface area (Å²) < 4.78 is 0. The molecule has 2 heteroatoms. The molecule has 2 aliphatic rings. The minimum Gasteiger partial charge on any atom is -0.386 e. The SMILES string of the molecule is CC(C)(O)C1=C[C@@H]2CCC[C@@H]2C1=O. The number of aliphatic hydroxyl groups is 1. The number of fused-ring (bicyclic) bond motifs is 1. The molecule has 72 valence electrons. The van der Waals surface area contributed by atoms with Crippen molar-refractivity contribution >= 4 is 5.78 Å². The molecule has 13 heavy (non-hydrogen) atoms. The second kappa shape index (κ2) is 2.68. The van der Waals surface area contributed by atoms with Crippen molar-refractivity contribution in [2.45, 2.75) is 38.7 Å². The molecule has 0 bridgehead atoms. The smallest absolute Gasteiger partial charge is 0.165 e. The third-order valence-electron chi connectivity index (χ3n) is 3.21. The van der Waals surface area contributed by atoms with Gasteiger partial charge in [-0.15, -0.1) is 0 Å². The molecule has 0 saturated heterocycles. The molecule has 2 aliphatic carbocycles. The summed E-state index contributed by atoms with van der Waals surface area (Å²) in [5, 5.41) is 9.75. The summed E-state index contributed by atoms with van der Waals surface area (Å²) in [4.78, 5) is 11.8. The van der Waals surface area contributed by atoms with Crippen LogP contribution in [0.2, 0.25) is 0 Å². The first-order valence-corrected chi connectivity index (χ1v) is 4.99. The number of carbonyl (C=O) groups excluding carboxylic acids is 1. The van der Waals surface area contributed by atoms with Crippen LogP contribution in [-0.2, 0) is 4.79 Å². The van der Waals surface area contributed by atoms with Crippen molar-refractivity contribution in [2.75, 3.05) is 0 Å². The van der Waals surface area contributed by atoms with E-state index in [4.69, 9.17) is 0 Å². The fourth-order valence-electron chi connectivity index (χ4n) is 2.52. The van der Waals surface area contributed by atoms with E-state index in [0.717, 1.165) is 19.3 Å². The van der Waals surface area contributed by atoms with Crippen LogP contribution < -0.4 is 0 Å². The number of allylic oxidation sites excluding steroid dienone is 1. The summed E-state index contributed by atoms with van der Waals surface area (Å²) in [6, 6.07) is 0. The van der Waals surface area contributed by atoms with Gasteiger partial charge in [0.2, 0.25) is 0 Å². The summed E-state index contributed by atoms with van der Waals surface area (Å²) in [6.07, 6.45) is 5.30. The maximum atomic E-state index is 11.8. The number of hydrogen-bond acceptors (Lipinski definition) is 2. The van der Waals surface area contributed by atoms with E-state index in [-0.39, 0.29) is 11.7 Å². The van der Waals surface area contributed by atoms with Crippen LogP contribution in [0.5, 0.6) is 0 Å². The van der Waals surface area contributed by atoms with Gasteiger partial charge in [-0.05, 0) is 32.6 Å². The average Bonchev–Trinajstić information content (AvgIpc) is 2.51. The zero-order valence-corrected chi connectivity index (χ0v) is 8.21. The van der Waals surface area contributed by atoms with Crippen molar-refractivity contribution < 1.29 is 9.90 Å². The fraction of sp³-hybridized carbons (Fsp3) is 0.727. The highest BCUT2D eigenvalue weighted by atomic mass is 16.3. The Balaban J connectivity index is 2.28. The predicted molar refractivity (Wildman–Crippen MR) is 50.2 cm³/mol. The third kappa shape index (κ3) is 1.33. The molecule has 2 rings (SSSR count). The number of rotatable bonds is 1. The van der Waals surface area contributed by atoms with Crippen molar-refractivity contribution in [3.8, 4) is 0 Å². The zero-order valence-electron chi connectivity index (χ0n) is 8.21. The number of ketones is 1. The summed E-state index contributed by atoms with van der Waals surface area (Å²) in [5.74, 6) is 0.811. The van der Waals surface area contributed by atoms with Gasteiger partial charge >= 0.3 is 0 Å². The van der Waals surface area contributed by atoms with E-state index in [1.807, 2.05) is 6.08 Å². The molecule has 0 aromatic carbocycles. The van der Waals surface area contributed by atoms with Gasteiger partial charge in [-0.2, -0.15) is 0 Å². The Bertz CT molecular complexity index is 270. The number of Topliss-reactive ketones (excluding diaryl/α,β-unsaturated/α-hetero) is 1. The quantitative estimate of drug-likeness (QED) is 0.666. The monoisotopic (exact) mass is 180 g/mol. The normalized spacial score (nSPS) is 33.5. The molecule has 1 N–H and O–H groups in total. The first-order chi connectivity index (χ1) is 6.00. The van der Waals surface area contributed by atoms with Crippen LogP contribution >= 0.6 is 0 Å². The zero-order chi connectivity index (χ0) is 9.64. The molecule has 1 saturated carbocycles. The van der Waals surface area contributed by atoms with Gasteiger partial charge in [-0.1, -0.05) is 12.5 Å². The van der Waals surface area contributed by atoms with Crippen LogP contribution in [0.25, 0.3) is 0 Å². The Labute approximate surface area is 78.6 Å². The van der Waals surface area contributed by atoms with E-state index in [0.29, 0.717) is 11.5 Å². The Hall–Kier alpha value is -0.630. The second-order valence-electron chi connectivity index (χ2n) is 4.70. The molecular weight excluding hydrogens is 164 g/mol. The molecule has 2 atom stereocenters. The molecule has 0 amide bonds. The van der Waals surface area contributed by atoms with E-state index in [9.17, 15) is 9.90 Å². The Kier molecular flexibility index (Phi) is 1.84. The number of carbonyl (C=O) groups is 1. The van der Waals surface area contributed by atoms with Gasteiger partial charge in [-0.25, -0.2) is 0 Å². The highest BCUT2D eigenvalue weighted by Gasteiger charge is 2.42. The van der Waals surface area contributed by atoms with Gasteiger partial charge < -0.3 is 5.11 Å². The summed E-state index contributed by atoms with van der Waals surface area (Å²) in [6.45, 7) is 3.38. The van der Waals surface area contributed by atoms with E-state index in [1.54, 1.807) is 13.8 Å². The number of hydrogen-bond donors (Lipinski definition) is 1. The average molecular weight is 180 g/mol. The summed E-state index contributed by atoms with van der Waals surface area (Å²) in [5.41, 5.74) is -0.302. The minimum atomic E-state index is -0.943. The van der Waals surface area contributed by atoms with Crippen molar-refractivity contribution in [3.05, 3.63) is 11.6 Å². The van der Waals surface area contributed by atoms with Crippen LogP contribution in [0.3, 0.4) is 0 Å². The van der Waals surface area contributed by atoms with Crippen molar-refractivity contribution in [1.29, 1.82) is 0 Å². The van der Waals surface area contributed by atoms with Crippen molar-refractivity contribution in [1.82, 2.24) is 0 Å². The summed E-state index contributed by atoms with van der Waals surface area (Å²) >= 11 is 0. The maximum Gasteiger partial charge on any atom is 0.165 e. The molecule has 0 aromatic heterocycles. The van der Waals surface area contributed by atoms with Gasteiger partial charge in [0.1, 0.15) is 0 Å². The first-order valence-electron chi connectivity index (χ1n) is 4.99. The lowest BCUT2D eigenvalue weighted by atomic mass is 9.92. The van der Waals surface area contributed by atoms with Gasteiger partial charge in [0.25, 0.3) is 0 Å². The Morgan fingerprint density at radius 1 is 1.46 bits per heavy atom.